The summed E-state index contributed by atoms with van der Waals surface area (Å²) >= 11 is 11.4. The summed E-state index contributed by atoms with van der Waals surface area (Å²) in [5.74, 6) is 0.667. The topological polar surface area (TPSA) is 35.2 Å². The Morgan fingerprint density at radius 2 is 1.89 bits per heavy atom. The average Bonchev–Trinajstić information content (AvgIpc) is 2.36. The summed E-state index contributed by atoms with van der Waals surface area (Å²) in [4.78, 5) is 0.234. The van der Waals surface area contributed by atoms with E-state index in [9.17, 15) is 4.39 Å². The van der Waals surface area contributed by atoms with E-state index in [4.69, 9.17) is 22.7 Å². The van der Waals surface area contributed by atoms with Gasteiger partial charge in [0.25, 0.3) is 0 Å². The van der Waals surface area contributed by atoms with Gasteiger partial charge in [-0.2, -0.15) is 0 Å². The molecule has 0 unspecified atom stereocenters. The number of rotatable bonds is 3. The Labute approximate surface area is 132 Å². The minimum Gasteiger partial charge on any atom is -0.457 e. The summed E-state index contributed by atoms with van der Waals surface area (Å²) in [5, 5.41) is 0. The number of hydrogen-bond acceptors (Lipinski definition) is 2. The highest BCUT2D eigenvalue weighted by Crippen LogP contribution is 2.30. The van der Waals surface area contributed by atoms with Crippen LogP contribution in [0.15, 0.2) is 45.3 Å². The highest BCUT2D eigenvalue weighted by Gasteiger charge is 2.09. The van der Waals surface area contributed by atoms with Gasteiger partial charge in [-0.25, -0.2) is 4.39 Å². The van der Waals surface area contributed by atoms with Crippen molar-refractivity contribution in [3.05, 3.63) is 56.7 Å². The van der Waals surface area contributed by atoms with Gasteiger partial charge >= 0.3 is 0 Å². The zero-order chi connectivity index (χ0) is 14.0. The molecule has 0 aromatic heterocycles. The second-order valence-electron chi connectivity index (χ2n) is 3.68. The fourth-order valence-electron chi connectivity index (χ4n) is 1.45. The Kier molecular flexibility index (Phi) is 4.54. The zero-order valence-corrected chi connectivity index (χ0v) is 13.5. The van der Waals surface area contributed by atoms with E-state index < -0.39 is 0 Å². The lowest BCUT2D eigenvalue weighted by atomic mass is 10.2. The highest BCUT2D eigenvalue weighted by molar-refractivity contribution is 9.10. The maximum Gasteiger partial charge on any atom is 0.137 e. The molecule has 0 fully saturated rings. The first-order chi connectivity index (χ1) is 8.97. The van der Waals surface area contributed by atoms with Crippen molar-refractivity contribution in [2.45, 2.75) is 0 Å². The van der Waals surface area contributed by atoms with Gasteiger partial charge in [0.1, 0.15) is 22.3 Å². The predicted octanol–water partition coefficient (Wildman–Crippen LogP) is 4.78. The first-order valence-corrected chi connectivity index (χ1v) is 7.19. The zero-order valence-electron chi connectivity index (χ0n) is 9.49. The number of thiocarbonyl (C=S) groups is 1. The Morgan fingerprint density at radius 3 is 2.53 bits per heavy atom. The van der Waals surface area contributed by atoms with E-state index in [-0.39, 0.29) is 10.8 Å². The molecule has 0 heterocycles. The van der Waals surface area contributed by atoms with Crippen molar-refractivity contribution >= 4 is 49.1 Å². The molecular formula is C13H8Br2FNOS. The molecule has 0 aliphatic rings. The van der Waals surface area contributed by atoms with E-state index in [1.165, 1.54) is 12.1 Å². The number of ether oxygens (including phenoxy) is 1. The van der Waals surface area contributed by atoms with Gasteiger partial charge in [0.2, 0.25) is 0 Å². The van der Waals surface area contributed by atoms with Gasteiger partial charge < -0.3 is 10.5 Å². The van der Waals surface area contributed by atoms with E-state index >= 15 is 0 Å². The number of nitrogens with two attached hydrogens (primary N) is 1. The summed E-state index contributed by atoms with van der Waals surface area (Å²) < 4.78 is 20.0. The van der Waals surface area contributed by atoms with Crippen LogP contribution in [0.2, 0.25) is 0 Å². The summed E-state index contributed by atoms with van der Waals surface area (Å²) in [5.41, 5.74) is 6.27. The van der Waals surface area contributed by atoms with Crippen molar-refractivity contribution in [1.29, 1.82) is 0 Å². The smallest absolute Gasteiger partial charge is 0.137 e. The fraction of sp³-hybridized carbons (Fsp3) is 0. The lowest BCUT2D eigenvalue weighted by molar-refractivity contribution is 0.479. The molecule has 0 bridgehead atoms. The van der Waals surface area contributed by atoms with Gasteiger partial charge in [-0.15, -0.1) is 0 Å². The quantitative estimate of drug-likeness (QED) is 0.747. The Balaban J connectivity index is 2.37. The third-order valence-electron chi connectivity index (χ3n) is 2.33. The molecule has 0 aliphatic carbocycles. The Morgan fingerprint density at radius 1 is 1.16 bits per heavy atom. The predicted molar refractivity (Wildman–Crippen MR) is 84.2 cm³/mol. The van der Waals surface area contributed by atoms with Crippen LogP contribution in [0.1, 0.15) is 5.56 Å². The van der Waals surface area contributed by atoms with Crippen LogP contribution in [-0.4, -0.2) is 4.99 Å². The summed E-state index contributed by atoms with van der Waals surface area (Å²) in [7, 11) is 0. The van der Waals surface area contributed by atoms with Crippen LogP contribution in [0, 0.1) is 5.82 Å². The van der Waals surface area contributed by atoms with Gasteiger partial charge in [-0.1, -0.05) is 28.1 Å². The molecule has 0 saturated heterocycles. The highest BCUT2D eigenvalue weighted by atomic mass is 79.9. The first-order valence-electron chi connectivity index (χ1n) is 5.19. The molecule has 0 atom stereocenters. The van der Waals surface area contributed by atoms with Crippen LogP contribution in [0.4, 0.5) is 4.39 Å². The second kappa shape index (κ2) is 5.98. The third kappa shape index (κ3) is 3.52. The van der Waals surface area contributed by atoms with E-state index in [1.807, 2.05) is 6.07 Å². The molecule has 0 amide bonds. The van der Waals surface area contributed by atoms with E-state index in [2.05, 4.69) is 31.9 Å². The average molecular weight is 405 g/mol. The van der Waals surface area contributed by atoms with Gasteiger partial charge in [0.05, 0.1) is 10.0 Å². The molecule has 0 saturated carbocycles. The lowest BCUT2D eigenvalue weighted by Gasteiger charge is -2.11. The molecule has 98 valence electrons. The second-order valence-corrected chi connectivity index (χ2v) is 5.89. The monoisotopic (exact) mass is 403 g/mol. The van der Waals surface area contributed by atoms with E-state index in [0.717, 1.165) is 4.47 Å². The fourth-order valence-corrected chi connectivity index (χ4v) is 2.33. The molecule has 0 radical (unpaired) electrons. The lowest BCUT2D eigenvalue weighted by Crippen LogP contribution is -2.10. The molecule has 2 rings (SSSR count). The standard InChI is InChI=1S/C13H8Br2FNOS/c14-7-1-4-12(9(5-7)13(17)19)18-8-2-3-11(16)10(15)6-8/h1-6H,(H2,17,19). The van der Waals surface area contributed by atoms with Crippen molar-refractivity contribution < 1.29 is 9.13 Å². The molecule has 6 heteroatoms. The molecule has 0 spiro atoms. The molecular weight excluding hydrogens is 397 g/mol. The maximum absolute atomic E-state index is 13.1. The largest absolute Gasteiger partial charge is 0.457 e. The van der Waals surface area contributed by atoms with Crippen LogP contribution < -0.4 is 10.5 Å². The summed E-state index contributed by atoms with van der Waals surface area (Å²) in [6, 6.07) is 9.73. The SMILES string of the molecule is NC(=S)c1cc(Br)ccc1Oc1ccc(F)c(Br)c1. The van der Waals surface area contributed by atoms with Gasteiger partial charge in [0, 0.05) is 4.47 Å². The molecule has 2 nitrogen and oxygen atoms in total. The van der Waals surface area contributed by atoms with Crippen LogP contribution in [0.3, 0.4) is 0 Å². The van der Waals surface area contributed by atoms with Crippen LogP contribution in [0.5, 0.6) is 11.5 Å². The molecule has 2 N–H and O–H groups in total. The number of benzene rings is 2. The van der Waals surface area contributed by atoms with Gasteiger partial charge in [0.15, 0.2) is 0 Å². The molecule has 2 aromatic carbocycles. The van der Waals surface area contributed by atoms with Gasteiger partial charge in [-0.3, -0.25) is 0 Å². The normalized spacial score (nSPS) is 10.3. The molecule has 19 heavy (non-hydrogen) atoms. The minimum absolute atomic E-state index is 0.234. The van der Waals surface area contributed by atoms with E-state index in [1.54, 1.807) is 18.2 Å². The Bertz CT molecular complexity index is 649. The van der Waals surface area contributed by atoms with Crippen LogP contribution in [-0.2, 0) is 0 Å². The van der Waals surface area contributed by atoms with E-state index in [0.29, 0.717) is 21.5 Å². The van der Waals surface area contributed by atoms with Crippen molar-refractivity contribution in [1.82, 2.24) is 0 Å². The minimum atomic E-state index is -0.349. The summed E-state index contributed by atoms with van der Waals surface area (Å²) in [6.07, 6.45) is 0. The van der Waals surface area contributed by atoms with Crippen LogP contribution >= 0.6 is 44.1 Å². The van der Waals surface area contributed by atoms with Gasteiger partial charge in [-0.05, 0) is 52.3 Å². The van der Waals surface area contributed by atoms with Crippen molar-refractivity contribution in [2.75, 3.05) is 0 Å². The number of hydrogen-bond donors (Lipinski definition) is 1. The first kappa shape index (κ1) is 14.4. The Hall–Kier alpha value is -0.980. The van der Waals surface area contributed by atoms with Crippen molar-refractivity contribution in [3.63, 3.8) is 0 Å². The van der Waals surface area contributed by atoms with Crippen LogP contribution in [0.25, 0.3) is 0 Å². The number of halogens is 3. The summed E-state index contributed by atoms with van der Waals surface area (Å²) in [6.45, 7) is 0. The third-order valence-corrected chi connectivity index (χ3v) is 3.65. The molecule has 0 aliphatic heterocycles. The van der Waals surface area contributed by atoms with Crippen molar-refractivity contribution in [3.8, 4) is 11.5 Å². The maximum atomic E-state index is 13.1. The van der Waals surface area contributed by atoms with Crippen molar-refractivity contribution in [2.24, 2.45) is 5.73 Å². The molecule has 2 aromatic rings.